The van der Waals surface area contributed by atoms with Gasteiger partial charge in [0.05, 0.1) is 5.71 Å². The van der Waals surface area contributed by atoms with Gasteiger partial charge in [0, 0.05) is 12.5 Å². The number of hydrogen-bond acceptors (Lipinski definition) is 3. The lowest BCUT2D eigenvalue weighted by molar-refractivity contribution is 0.124. The summed E-state index contributed by atoms with van der Waals surface area (Å²) >= 11 is 0. The Hall–Kier alpha value is -1.61. The minimum atomic E-state index is 0.549. The van der Waals surface area contributed by atoms with Crippen molar-refractivity contribution in [2.45, 2.75) is 45.4 Å². The van der Waals surface area contributed by atoms with Crippen molar-refractivity contribution in [3.63, 3.8) is 0 Å². The molecule has 0 aromatic heterocycles. The Bertz CT molecular complexity index is 534. The van der Waals surface area contributed by atoms with Crippen molar-refractivity contribution in [3.05, 3.63) is 41.5 Å². The van der Waals surface area contributed by atoms with Crippen LogP contribution in [0.4, 0.5) is 0 Å². The average Bonchev–Trinajstić information content (AvgIpc) is 2.59. The number of likely N-dealkylation sites (N-methyl/N-ethyl adjacent to an activating group) is 1. The maximum absolute atomic E-state index is 5.67. The van der Waals surface area contributed by atoms with Crippen molar-refractivity contribution in [3.8, 4) is 0 Å². The largest absolute Gasteiger partial charge is 0.394 e. The highest BCUT2D eigenvalue weighted by Crippen LogP contribution is 2.31. The summed E-state index contributed by atoms with van der Waals surface area (Å²) in [7, 11) is 4.11. The van der Waals surface area contributed by atoms with Crippen LogP contribution in [0.15, 0.2) is 41.1 Å². The standard InChI is InChI=1S/C21H32N2O/c1-4-5-12-19-13-9-14-20(17-18-10-7-6-8-11-18)21(19)22-24-16-15-23(2)3/h6-8,10-11,17,19H,4-5,9,12-16H2,1-3H3/t19-/m0/s1. The van der Waals surface area contributed by atoms with Crippen LogP contribution in [0, 0.1) is 5.92 Å². The van der Waals surface area contributed by atoms with E-state index in [1.165, 1.54) is 49.0 Å². The van der Waals surface area contributed by atoms with E-state index in [2.05, 4.69) is 67.5 Å². The van der Waals surface area contributed by atoms with Gasteiger partial charge in [0.2, 0.25) is 0 Å². The molecule has 0 unspecified atom stereocenters. The summed E-state index contributed by atoms with van der Waals surface area (Å²) in [5, 5.41) is 4.59. The fourth-order valence-electron chi connectivity index (χ4n) is 3.17. The van der Waals surface area contributed by atoms with E-state index in [-0.39, 0.29) is 0 Å². The summed E-state index contributed by atoms with van der Waals surface area (Å²) in [6.07, 6.45) is 9.62. The van der Waals surface area contributed by atoms with Crippen molar-refractivity contribution < 1.29 is 4.84 Å². The van der Waals surface area contributed by atoms with Crippen LogP contribution in [0.3, 0.4) is 0 Å². The SMILES string of the molecule is CCCC[C@H]1CCCC(=Cc2ccccc2)C1=NOCCN(C)C. The first kappa shape index (κ1) is 18.7. The van der Waals surface area contributed by atoms with Crippen molar-refractivity contribution >= 4 is 11.8 Å². The predicted octanol–water partition coefficient (Wildman–Crippen LogP) is 4.99. The summed E-state index contributed by atoms with van der Waals surface area (Å²) < 4.78 is 0. The molecule has 1 saturated carbocycles. The van der Waals surface area contributed by atoms with Crippen LogP contribution in [0.1, 0.15) is 51.0 Å². The molecular weight excluding hydrogens is 296 g/mol. The molecule has 3 heteroatoms. The Kier molecular flexibility index (Phi) is 8.03. The number of hydrogen-bond donors (Lipinski definition) is 0. The Labute approximate surface area is 147 Å². The van der Waals surface area contributed by atoms with Gasteiger partial charge in [0.25, 0.3) is 0 Å². The molecule has 132 valence electrons. The molecule has 0 bridgehead atoms. The molecule has 0 radical (unpaired) electrons. The number of benzene rings is 1. The number of oxime groups is 1. The molecule has 1 aromatic rings. The quantitative estimate of drug-likeness (QED) is 0.496. The summed E-state index contributed by atoms with van der Waals surface area (Å²) in [6, 6.07) is 10.6. The molecule has 24 heavy (non-hydrogen) atoms. The van der Waals surface area contributed by atoms with Crippen LogP contribution in [-0.4, -0.2) is 37.9 Å². The van der Waals surface area contributed by atoms with E-state index in [0.29, 0.717) is 12.5 Å². The average molecular weight is 329 g/mol. The lowest BCUT2D eigenvalue weighted by atomic mass is 9.80. The number of allylic oxidation sites excluding steroid dienone is 1. The van der Waals surface area contributed by atoms with Gasteiger partial charge in [-0.05, 0) is 57.0 Å². The molecule has 0 heterocycles. The topological polar surface area (TPSA) is 24.8 Å². The number of unbranched alkanes of at least 4 members (excludes halogenated alkanes) is 1. The first-order valence-electron chi connectivity index (χ1n) is 9.31. The first-order chi connectivity index (χ1) is 11.7. The maximum Gasteiger partial charge on any atom is 0.129 e. The van der Waals surface area contributed by atoms with Crippen LogP contribution in [0.25, 0.3) is 6.08 Å². The zero-order valence-electron chi connectivity index (χ0n) is 15.5. The van der Waals surface area contributed by atoms with E-state index in [0.717, 1.165) is 13.0 Å². The second kappa shape index (κ2) is 10.3. The molecule has 0 spiro atoms. The second-order valence-electron chi connectivity index (χ2n) is 6.92. The molecule has 1 atom stereocenters. The van der Waals surface area contributed by atoms with E-state index in [9.17, 15) is 0 Å². The second-order valence-corrected chi connectivity index (χ2v) is 6.92. The van der Waals surface area contributed by atoms with Crippen LogP contribution in [0.5, 0.6) is 0 Å². The Morgan fingerprint density at radius 2 is 2.04 bits per heavy atom. The third kappa shape index (κ3) is 6.12. The van der Waals surface area contributed by atoms with Crippen molar-refractivity contribution in [1.29, 1.82) is 0 Å². The minimum absolute atomic E-state index is 0.549. The third-order valence-corrected chi connectivity index (χ3v) is 4.55. The molecule has 0 saturated heterocycles. The van der Waals surface area contributed by atoms with Gasteiger partial charge < -0.3 is 9.74 Å². The van der Waals surface area contributed by atoms with Crippen LogP contribution in [0.2, 0.25) is 0 Å². The highest BCUT2D eigenvalue weighted by molar-refractivity contribution is 6.05. The van der Waals surface area contributed by atoms with Gasteiger partial charge in [-0.3, -0.25) is 0 Å². The summed E-state index contributed by atoms with van der Waals surface area (Å²) in [5.41, 5.74) is 3.81. The first-order valence-corrected chi connectivity index (χ1v) is 9.31. The predicted molar refractivity (Wildman–Crippen MR) is 103 cm³/mol. The van der Waals surface area contributed by atoms with E-state index in [4.69, 9.17) is 4.84 Å². The Morgan fingerprint density at radius 1 is 1.25 bits per heavy atom. The Morgan fingerprint density at radius 3 is 2.75 bits per heavy atom. The zero-order valence-corrected chi connectivity index (χ0v) is 15.5. The van der Waals surface area contributed by atoms with E-state index < -0.39 is 0 Å². The van der Waals surface area contributed by atoms with Gasteiger partial charge in [-0.15, -0.1) is 0 Å². The smallest absolute Gasteiger partial charge is 0.129 e. The van der Waals surface area contributed by atoms with Crippen LogP contribution in [-0.2, 0) is 4.84 Å². The normalized spacial score (nSPS) is 21.6. The molecule has 2 rings (SSSR count). The minimum Gasteiger partial charge on any atom is -0.394 e. The Balaban J connectivity index is 2.15. The summed E-state index contributed by atoms with van der Waals surface area (Å²) in [6.45, 7) is 3.80. The van der Waals surface area contributed by atoms with Gasteiger partial charge in [0.15, 0.2) is 0 Å². The number of nitrogens with zero attached hydrogens (tertiary/aromatic N) is 2. The summed E-state index contributed by atoms with van der Waals surface area (Å²) in [5.74, 6) is 0.549. The van der Waals surface area contributed by atoms with E-state index in [1.807, 2.05) is 0 Å². The molecule has 1 aromatic carbocycles. The van der Waals surface area contributed by atoms with Gasteiger partial charge in [0.1, 0.15) is 6.61 Å². The molecule has 0 aliphatic heterocycles. The number of rotatable bonds is 8. The van der Waals surface area contributed by atoms with E-state index >= 15 is 0 Å². The van der Waals surface area contributed by atoms with Crippen molar-refractivity contribution in [2.75, 3.05) is 27.2 Å². The fraction of sp³-hybridized carbons (Fsp3) is 0.571. The lowest BCUT2D eigenvalue weighted by Crippen LogP contribution is -2.23. The van der Waals surface area contributed by atoms with Gasteiger partial charge in [-0.2, -0.15) is 0 Å². The molecule has 1 aliphatic carbocycles. The molecular formula is C21H32N2O. The van der Waals surface area contributed by atoms with Gasteiger partial charge >= 0.3 is 0 Å². The van der Waals surface area contributed by atoms with Crippen LogP contribution >= 0.6 is 0 Å². The fourth-order valence-corrected chi connectivity index (χ4v) is 3.17. The highest BCUT2D eigenvalue weighted by Gasteiger charge is 2.25. The monoisotopic (exact) mass is 328 g/mol. The van der Waals surface area contributed by atoms with Crippen molar-refractivity contribution in [2.24, 2.45) is 11.1 Å². The molecule has 3 nitrogen and oxygen atoms in total. The maximum atomic E-state index is 5.67. The summed E-state index contributed by atoms with van der Waals surface area (Å²) in [4.78, 5) is 7.79. The highest BCUT2D eigenvalue weighted by atomic mass is 16.6. The molecule has 0 N–H and O–H groups in total. The molecule has 0 amide bonds. The van der Waals surface area contributed by atoms with Gasteiger partial charge in [-0.1, -0.05) is 55.3 Å². The lowest BCUT2D eigenvalue weighted by Gasteiger charge is -2.26. The zero-order chi connectivity index (χ0) is 17.2. The van der Waals surface area contributed by atoms with Crippen molar-refractivity contribution in [1.82, 2.24) is 4.90 Å². The van der Waals surface area contributed by atoms with Gasteiger partial charge in [-0.25, -0.2) is 0 Å². The molecule has 1 aliphatic rings. The van der Waals surface area contributed by atoms with Crippen LogP contribution < -0.4 is 0 Å². The molecule has 1 fully saturated rings. The van der Waals surface area contributed by atoms with E-state index in [1.54, 1.807) is 0 Å². The third-order valence-electron chi connectivity index (χ3n) is 4.55.